The van der Waals surface area contributed by atoms with E-state index in [1.165, 1.54) is 49.6 Å². The van der Waals surface area contributed by atoms with Crippen molar-refractivity contribution in [1.29, 1.82) is 0 Å². The average molecular weight is 341 g/mol. The highest BCUT2D eigenvalue weighted by molar-refractivity contribution is 7.92. The maximum Gasteiger partial charge on any atom is 0.337 e. The van der Waals surface area contributed by atoms with Gasteiger partial charge in [0.25, 0.3) is 10.0 Å². The maximum atomic E-state index is 12.2. The summed E-state index contributed by atoms with van der Waals surface area (Å²) in [6.07, 6.45) is 0. The quantitative estimate of drug-likeness (QED) is 0.658. The summed E-state index contributed by atoms with van der Waals surface area (Å²) in [7, 11) is -2.53. The van der Waals surface area contributed by atoms with Crippen LogP contribution in [0.1, 0.15) is 10.4 Å². The lowest BCUT2D eigenvalue weighted by atomic mass is 10.2. The van der Waals surface area contributed by atoms with Crippen LogP contribution < -0.4 is 10.5 Å². The fourth-order valence-electron chi connectivity index (χ4n) is 1.70. The molecule has 2 rings (SSSR count). The summed E-state index contributed by atoms with van der Waals surface area (Å²) in [4.78, 5) is 11.3. The zero-order valence-corrected chi connectivity index (χ0v) is 13.1. The molecule has 22 heavy (non-hydrogen) atoms. The van der Waals surface area contributed by atoms with Crippen molar-refractivity contribution in [2.24, 2.45) is 0 Å². The van der Waals surface area contributed by atoms with Crippen LogP contribution in [0.4, 0.5) is 11.4 Å². The van der Waals surface area contributed by atoms with Crippen LogP contribution in [0.5, 0.6) is 0 Å². The molecule has 0 aliphatic heterocycles. The first-order valence-electron chi connectivity index (χ1n) is 6.10. The van der Waals surface area contributed by atoms with Gasteiger partial charge in [-0.25, -0.2) is 13.2 Å². The minimum atomic E-state index is -3.80. The van der Waals surface area contributed by atoms with Crippen molar-refractivity contribution in [2.45, 2.75) is 4.90 Å². The molecule has 0 saturated carbocycles. The number of rotatable bonds is 4. The van der Waals surface area contributed by atoms with Gasteiger partial charge in [0.2, 0.25) is 0 Å². The standard InChI is InChI=1S/C14H13ClN2O4S/c1-21-14(18)9-2-4-10(5-3-9)17-22(19,20)11-6-7-12(15)13(16)8-11/h2-8,17H,16H2,1H3. The molecule has 2 aromatic carbocycles. The van der Waals surface area contributed by atoms with Gasteiger partial charge in [0, 0.05) is 5.69 Å². The highest BCUT2D eigenvalue weighted by Crippen LogP contribution is 2.24. The lowest BCUT2D eigenvalue weighted by Gasteiger charge is -2.09. The number of nitrogen functional groups attached to an aromatic ring is 1. The molecule has 0 atom stereocenters. The fourth-order valence-corrected chi connectivity index (χ4v) is 2.91. The number of sulfonamides is 1. The Morgan fingerprint density at radius 3 is 2.36 bits per heavy atom. The van der Waals surface area contributed by atoms with Crippen LogP contribution in [0, 0.1) is 0 Å². The summed E-state index contributed by atoms with van der Waals surface area (Å²) in [5.74, 6) is -0.500. The van der Waals surface area contributed by atoms with Gasteiger partial charge in [-0.15, -0.1) is 0 Å². The molecular weight excluding hydrogens is 328 g/mol. The van der Waals surface area contributed by atoms with Crippen LogP contribution in [-0.4, -0.2) is 21.5 Å². The topological polar surface area (TPSA) is 98.5 Å². The molecule has 2 aromatic rings. The SMILES string of the molecule is COC(=O)c1ccc(NS(=O)(=O)c2ccc(Cl)c(N)c2)cc1. The maximum absolute atomic E-state index is 12.2. The second-order valence-corrected chi connectivity index (χ2v) is 6.45. The minimum absolute atomic E-state index is 0.00792. The van der Waals surface area contributed by atoms with Crippen molar-refractivity contribution in [3.8, 4) is 0 Å². The fraction of sp³-hybridized carbons (Fsp3) is 0.0714. The molecule has 0 bridgehead atoms. The summed E-state index contributed by atoms with van der Waals surface area (Å²) in [5.41, 5.74) is 6.40. The van der Waals surface area contributed by atoms with E-state index in [1.54, 1.807) is 0 Å². The van der Waals surface area contributed by atoms with E-state index in [0.29, 0.717) is 11.3 Å². The zero-order valence-electron chi connectivity index (χ0n) is 11.5. The number of carbonyl (C=O) groups is 1. The predicted octanol–water partition coefficient (Wildman–Crippen LogP) is 2.51. The predicted molar refractivity (Wildman–Crippen MR) is 84.5 cm³/mol. The van der Waals surface area contributed by atoms with E-state index in [9.17, 15) is 13.2 Å². The number of hydrogen-bond donors (Lipinski definition) is 2. The number of hydrogen-bond acceptors (Lipinski definition) is 5. The molecular formula is C14H13ClN2O4S. The zero-order chi connectivity index (χ0) is 16.3. The van der Waals surface area contributed by atoms with Crippen LogP contribution in [0.25, 0.3) is 0 Å². The third kappa shape index (κ3) is 3.49. The third-order valence-electron chi connectivity index (χ3n) is 2.84. The van der Waals surface area contributed by atoms with Crippen molar-refractivity contribution < 1.29 is 17.9 Å². The van der Waals surface area contributed by atoms with Crippen LogP contribution in [0.3, 0.4) is 0 Å². The summed E-state index contributed by atoms with van der Waals surface area (Å²) < 4.78 is 31.4. The first-order chi connectivity index (χ1) is 10.3. The summed E-state index contributed by atoms with van der Waals surface area (Å²) >= 11 is 5.77. The lowest BCUT2D eigenvalue weighted by Crippen LogP contribution is -2.13. The van der Waals surface area contributed by atoms with E-state index in [0.717, 1.165) is 0 Å². The molecule has 0 unspecified atom stereocenters. The smallest absolute Gasteiger partial charge is 0.337 e. The van der Waals surface area contributed by atoms with Gasteiger partial charge in [0.1, 0.15) is 0 Å². The molecule has 0 fully saturated rings. The Kier molecular flexibility index (Phi) is 4.58. The number of anilines is 2. The Hall–Kier alpha value is -2.25. The molecule has 0 aliphatic carbocycles. The van der Waals surface area contributed by atoms with E-state index < -0.39 is 16.0 Å². The normalized spacial score (nSPS) is 11.0. The Morgan fingerprint density at radius 2 is 1.82 bits per heavy atom. The van der Waals surface area contributed by atoms with Crippen LogP contribution in [-0.2, 0) is 14.8 Å². The highest BCUT2D eigenvalue weighted by Gasteiger charge is 2.15. The number of nitrogens with one attached hydrogen (secondary N) is 1. The van der Waals surface area contributed by atoms with Crippen LogP contribution in [0.2, 0.25) is 5.02 Å². The van der Waals surface area contributed by atoms with Gasteiger partial charge in [-0.05, 0) is 42.5 Å². The van der Waals surface area contributed by atoms with Gasteiger partial charge >= 0.3 is 5.97 Å². The summed E-state index contributed by atoms with van der Waals surface area (Å²) in [5, 5.41) is 0.279. The van der Waals surface area contributed by atoms with E-state index in [2.05, 4.69) is 9.46 Å². The van der Waals surface area contributed by atoms with Crippen molar-refractivity contribution >= 4 is 39.0 Å². The van der Waals surface area contributed by atoms with Crippen molar-refractivity contribution in [3.05, 3.63) is 53.1 Å². The lowest BCUT2D eigenvalue weighted by molar-refractivity contribution is 0.0601. The number of nitrogens with two attached hydrogens (primary N) is 1. The minimum Gasteiger partial charge on any atom is -0.465 e. The number of ether oxygens (including phenoxy) is 1. The molecule has 8 heteroatoms. The Bertz CT molecular complexity index is 804. The van der Waals surface area contributed by atoms with Gasteiger partial charge in [-0.2, -0.15) is 0 Å². The van der Waals surface area contributed by atoms with E-state index in [4.69, 9.17) is 17.3 Å². The molecule has 0 amide bonds. The number of carbonyl (C=O) groups excluding carboxylic acids is 1. The molecule has 116 valence electrons. The van der Waals surface area contributed by atoms with Crippen LogP contribution in [0.15, 0.2) is 47.4 Å². The van der Waals surface area contributed by atoms with E-state index in [-0.39, 0.29) is 15.6 Å². The number of methoxy groups -OCH3 is 1. The van der Waals surface area contributed by atoms with E-state index in [1.807, 2.05) is 0 Å². The molecule has 0 spiro atoms. The summed E-state index contributed by atoms with van der Waals surface area (Å²) in [6.45, 7) is 0. The molecule has 0 heterocycles. The average Bonchev–Trinajstić information content (AvgIpc) is 2.49. The molecule has 0 radical (unpaired) electrons. The van der Waals surface area contributed by atoms with Crippen LogP contribution >= 0.6 is 11.6 Å². The molecule has 0 aromatic heterocycles. The van der Waals surface area contributed by atoms with Gasteiger partial charge < -0.3 is 10.5 Å². The first kappa shape index (κ1) is 16.1. The number of halogens is 1. The third-order valence-corrected chi connectivity index (χ3v) is 4.56. The monoisotopic (exact) mass is 340 g/mol. The van der Waals surface area contributed by atoms with Gasteiger partial charge in [0.05, 0.1) is 28.3 Å². The Morgan fingerprint density at radius 1 is 1.18 bits per heavy atom. The molecule has 0 saturated heterocycles. The number of esters is 1. The van der Waals surface area contributed by atoms with Gasteiger partial charge in [-0.3, -0.25) is 4.72 Å². The van der Waals surface area contributed by atoms with Gasteiger partial charge in [-0.1, -0.05) is 11.6 Å². The number of benzene rings is 2. The Balaban J connectivity index is 2.25. The van der Waals surface area contributed by atoms with Gasteiger partial charge in [0.15, 0.2) is 0 Å². The van der Waals surface area contributed by atoms with Crippen molar-refractivity contribution in [2.75, 3.05) is 17.6 Å². The largest absolute Gasteiger partial charge is 0.465 e. The van der Waals surface area contributed by atoms with E-state index >= 15 is 0 Å². The van der Waals surface area contributed by atoms with Crippen molar-refractivity contribution in [1.82, 2.24) is 0 Å². The summed E-state index contributed by atoms with van der Waals surface area (Å²) in [6, 6.07) is 9.87. The molecule has 3 N–H and O–H groups in total. The molecule has 0 aliphatic rings. The second kappa shape index (κ2) is 6.25. The van der Waals surface area contributed by atoms with Crippen molar-refractivity contribution in [3.63, 3.8) is 0 Å². The Labute approximate surface area is 132 Å². The molecule has 6 nitrogen and oxygen atoms in total. The first-order valence-corrected chi connectivity index (χ1v) is 7.96. The second-order valence-electron chi connectivity index (χ2n) is 4.36. The highest BCUT2D eigenvalue weighted by atomic mass is 35.5.